The van der Waals surface area contributed by atoms with Crippen LogP contribution in [0.25, 0.3) is 0 Å². The molecule has 0 radical (unpaired) electrons. The molecule has 1 aromatic carbocycles. The van der Waals surface area contributed by atoms with Gasteiger partial charge in [0.1, 0.15) is 0 Å². The number of benzene rings is 1. The van der Waals surface area contributed by atoms with Crippen molar-refractivity contribution in [2.24, 2.45) is 0 Å². The summed E-state index contributed by atoms with van der Waals surface area (Å²) in [5.74, 6) is 0.198. The van der Waals surface area contributed by atoms with Gasteiger partial charge in [0, 0.05) is 28.8 Å². The summed E-state index contributed by atoms with van der Waals surface area (Å²) < 4.78 is 6.53. The number of Topliss-reactive ketones (excluding diaryl/α,β-unsaturated/α-hetero) is 1. The minimum atomic E-state index is 0.198. The molecule has 0 amide bonds. The van der Waals surface area contributed by atoms with Gasteiger partial charge in [0.05, 0.1) is 13.2 Å². The zero-order valence-electron chi connectivity index (χ0n) is 9.69. The lowest BCUT2D eigenvalue weighted by atomic mass is 10.1. The average molecular weight is 345 g/mol. The predicted octanol–water partition coefficient (Wildman–Crippen LogP) is 2.20. The Morgan fingerprint density at radius 2 is 2.00 bits per heavy atom. The van der Waals surface area contributed by atoms with Gasteiger partial charge in [-0.15, -0.1) is 0 Å². The summed E-state index contributed by atoms with van der Waals surface area (Å²) >= 11 is 2.24. The van der Waals surface area contributed by atoms with E-state index in [1.807, 2.05) is 24.3 Å². The van der Waals surface area contributed by atoms with Crippen LogP contribution in [0.4, 0.5) is 0 Å². The second-order valence-electron chi connectivity index (χ2n) is 4.17. The first-order valence-electron chi connectivity index (χ1n) is 5.84. The largest absolute Gasteiger partial charge is 0.380 e. The van der Waals surface area contributed by atoms with Crippen LogP contribution in [0.2, 0.25) is 0 Å². The van der Waals surface area contributed by atoms with Crippen molar-refractivity contribution in [2.75, 3.05) is 32.8 Å². The maximum absolute atomic E-state index is 12.1. The molecular formula is C13H16INO2. The minimum absolute atomic E-state index is 0.198. The van der Waals surface area contributed by atoms with E-state index in [9.17, 15) is 4.79 Å². The molecule has 92 valence electrons. The molecule has 0 bridgehead atoms. The molecular weight excluding hydrogens is 329 g/mol. The number of hydrogen-bond donors (Lipinski definition) is 0. The van der Waals surface area contributed by atoms with Crippen LogP contribution in [0.15, 0.2) is 24.3 Å². The predicted molar refractivity (Wildman–Crippen MR) is 75.4 cm³/mol. The highest BCUT2D eigenvalue weighted by atomic mass is 127. The van der Waals surface area contributed by atoms with Crippen molar-refractivity contribution in [2.45, 2.75) is 6.42 Å². The zero-order valence-corrected chi connectivity index (χ0v) is 11.9. The van der Waals surface area contributed by atoms with Gasteiger partial charge in [-0.25, -0.2) is 0 Å². The van der Waals surface area contributed by atoms with Crippen LogP contribution in [-0.4, -0.2) is 43.5 Å². The first kappa shape index (κ1) is 13.0. The van der Waals surface area contributed by atoms with Gasteiger partial charge in [-0.3, -0.25) is 9.69 Å². The fourth-order valence-electron chi connectivity index (χ4n) is 1.89. The number of nitrogens with zero attached hydrogens (tertiary/aromatic N) is 1. The van der Waals surface area contributed by atoms with Crippen molar-refractivity contribution in [1.82, 2.24) is 4.90 Å². The molecule has 1 aromatic rings. The lowest BCUT2D eigenvalue weighted by Gasteiger charge is -2.17. The van der Waals surface area contributed by atoms with Crippen molar-refractivity contribution in [1.29, 1.82) is 0 Å². The summed E-state index contributed by atoms with van der Waals surface area (Å²) in [5, 5.41) is 0. The summed E-state index contributed by atoms with van der Waals surface area (Å²) in [4.78, 5) is 14.2. The molecule has 0 atom stereocenters. The molecule has 3 nitrogen and oxygen atoms in total. The topological polar surface area (TPSA) is 29.5 Å². The molecule has 4 heteroatoms. The number of halogens is 1. The fraction of sp³-hybridized carbons (Fsp3) is 0.462. The zero-order chi connectivity index (χ0) is 12.1. The molecule has 1 aliphatic rings. The van der Waals surface area contributed by atoms with Gasteiger partial charge in [-0.05, 0) is 41.1 Å². The first-order chi connectivity index (χ1) is 8.25. The normalized spacial score (nSPS) is 17.7. The van der Waals surface area contributed by atoms with E-state index in [1.165, 1.54) is 0 Å². The van der Waals surface area contributed by atoms with Crippen molar-refractivity contribution < 1.29 is 9.53 Å². The van der Waals surface area contributed by atoms with Crippen molar-refractivity contribution in [3.8, 4) is 0 Å². The number of hydrogen-bond acceptors (Lipinski definition) is 3. The van der Waals surface area contributed by atoms with Gasteiger partial charge in [0.25, 0.3) is 0 Å². The van der Waals surface area contributed by atoms with E-state index in [0.717, 1.165) is 41.9 Å². The lowest BCUT2D eigenvalue weighted by molar-refractivity contribution is 0.0922. The Hall–Kier alpha value is -0.460. The molecule has 0 saturated carbocycles. The SMILES string of the molecule is O=C(CN1CCCOCC1)c1ccc(I)cc1. The third kappa shape index (κ3) is 4.04. The molecule has 0 aromatic heterocycles. The van der Waals surface area contributed by atoms with Crippen LogP contribution in [0.1, 0.15) is 16.8 Å². The summed E-state index contributed by atoms with van der Waals surface area (Å²) in [7, 11) is 0. The lowest BCUT2D eigenvalue weighted by Crippen LogP contribution is -2.32. The number of rotatable bonds is 3. The summed E-state index contributed by atoms with van der Waals surface area (Å²) in [6.45, 7) is 3.87. The molecule has 1 aliphatic heterocycles. The number of ketones is 1. The second-order valence-corrected chi connectivity index (χ2v) is 5.42. The van der Waals surface area contributed by atoms with Crippen molar-refractivity contribution >= 4 is 28.4 Å². The Kier molecular flexibility index (Phi) is 4.94. The standard InChI is InChI=1S/C13H16INO2/c14-12-4-2-11(3-5-12)13(16)10-15-6-1-8-17-9-7-15/h2-5H,1,6-10H2. The maximum atomic E-state index is 12.1. The monoisotopic (exact) mass is 345 g/mol. The summed E-state index contributed by atoms with van der Waals surface area (Å²) in [6, 6.07) is 7.75. The van der Waals surface area contributed by atoms with Crippen molar-refractivity contribution in [3.63, 3.8) is 0 Å². The van der Waals surface area contributed by atoms with E-state index < -0.39 is 0 Å². The summed E-state index contributed by atoms with van der Waals surface area (Å²) in [6.07, 6.45) is 1.01. The van der Waals surface area contributed by atoms with E-state index in [1.54, 1.807) is 0 Å². The van der Waals surface area contributed by atoms with Crippen LogP contribution in [0.3, 0.4) is 0 Å². The van der Waals surface area contributed by atoms with Gasteiger partial charge in [-0.2, -0.15) is 0 Å². The smallest absolute Gasteiger partial charge is 0.176 e. The van der Waals surface area contributed by atoms with Crippen LogP contribution in [0.5, 0.6) is 0 Å². The van der Waals surface area contributed by atoms with Crippen molar-refractivity contribution in [3.05, 3.63) is 33.4 Å². The highest BCUT2D eigenvalue weighted by molar-refractivity contribution is 14.1. The Morgan fingerprint density at radius 1 is 1.24 bits per heavy atom. The molecule has 1 fully saturated rings. The van der Waals surface area contributed by atoms with Crippen LogP contribution in [-0.2, 0) is 4.74 Å². The van der Waals surface area contributed by atoms with E-state index in [-0.39, 0.29) is 5.78 Å². The highest BCUT2D eigenvalue weighted by Gasteiger charge is 2.14. The highest BCUT2D eigenvalue weighted by Crippen LogP contribution is 2.09. The number of carbonyl (C=O) groups excluding carboxylic acids is 1. The minimum Gasteiger partial charge on any atom is -0.380 e. The molecule has 2 rings (SSSR count). The molecule has 1 heterocycles. The van der Waals surface area contributed by atoms with E-state index in [4.69, 9.17) is 4.74 Å². The Morgan fingerprint density at radius 3 is 2.76 bits per heavy atom. The van der Waals surface area contributed by atoms with Gasteiger partial charge in [-0.1, -0.05) is 12.1 Å². The van der Waals surface area contributed by atoms with Gasteiger partial charge in [0.15, 0.2) is 5.78 Å². The Bertz CT molecular complexity index is 370. The molecule has 0 spiro atoms. The third-order valence-electron chi connectivity index (χ3n) is 2.85. The molecule has 17 heavy (non-hydrogen) atoms. The quantitative estimate of drug-likeness (QED) is 0.621. The third-order valence-corrected chi connectivity index (χ3v) is 3.57. The van der Waals surface area contributed by atoms with Crippen LogP contribution in [0, 0.1) is 3.57 Å². The van der Waals surface area contributed by atoms with E-state index in [2.05, 4.69) is 27.5 Å². The fourth-order valence-corrected chi connectivity index (χ4v) is 2.25. The number of ether oxygens (including phenoxy) is 1. The van der Waals surface area contributed by atoms with Gasteiger partial charge in [0.2, 0.25) is 0 Å². The molecule has 0 aliphatic carbocycles. The number of carbonyl (C=O) groups is 1. The maximum Gasteiger partial charge on any atom is 0.176 e. The van der Waals surface area contributed by atoms with Crippen LogP contribution < -0.4 is 0 Å². The average Bonchev–Trinajstić information content (AvgIpc) is 2.58. The van der Waals surface area contributed by atoms with E-state index in [0.29, 0.717) is 6.54 Å². The van der Waals surface area contributed by atoms with Gasteiger partial charge < -0.3 is 4.74 Å². The van der Waals surface area contributed by atoms with Gasteiger partial charge >= 0.3 is 0 Å². The molecule has 1 saturated heterocycles. The Labute approximate surface area is 115 Å². The Balaban J connectivity index is 1.93. The first-order valence-corrected chi connectivity index (χ1v) is 6.92. The molecule has 0 unspecified atom stereocenters. The van der Waals surface area contributed by atoms with E-state index >= 15 is 0 Å². The second kappa shape index (κ2) is 6.47. The molecule has 0 N–H and O–H groups in total. The van der Waals surface area contributed by atoms with Crippen LogP contribution >= 0.6 is 22.6 Å². The summed E-state index contributed by atoms with van der Waals surface area (Å²) in [5.41, 5.74) is 0.801.